The van der Waals surface area contributed by atoms with Crippen molar-refractivity contribution >= 4 is 6.01 Å². The summed E-state index contributed by atoms with van der Waals surface area (Å²) in [6.07, 6.45) is 9.10. The molecule has 1 aliphatic rings. The molecule has 1 aromatic heterocycles. The van der Waals surface area contributed by atoms with Crippen LogP contribution in [-0.4, -0.2) is 23.3 Å². The molecule has 0 aliphatic heterocycles. The molecule has 0 radical (unpaired) electrons. The fourth-order valence-corrected chi connectivity index (χ4v) is 2.37. The second kappa shape index (κ2) is 6.73. The first-order chi connectivity index (χ1) is 8.79. The van der Waals surface area contributed by atoms with Gasteiger partial charge in [-0.15, -0.1) is 5.10 Å². The maximum absolute atomic E-state index is 5.62. The first-order valence-electron chi connectivity index (χ1n) is 7.07. The second-order valence-electron chi connectivity index (χ2n) is 5.14. The first-order valence-corrected chi connectivity index (χ1v) is 7.07. The van der Waals surface area contributed by atoms with Crippen LogP contribution in [0.4, 0.5) is 6.01 Å². The molecule has 5 heteroatoms. The average molecular weight is 252 g/mol. The topological polar surface area (TPSA) is 63.0 Å². The normalized spacial score (nSPS) is 20.1. The number of rotatable bonds is 4. The zero-order valence-electron chi connectivity index (χ0n) is 11.4. The van der Waals surface area contributed by atoms with E-state index in [2.05, 4.69) is 20.8 Å². The summed E-state index contributed by atoms with van der Waals surface area (Å²) in [6, 6.07) is 1.16. The van der Waals surface area contributed by atoms with Crippen molar-refractivity contribution in [3.8, 4) is 0 Å². The van der Waals surface area contributed by atoms with Crippen molar-refractivity contribution in [3.05, 3.63) is 5.89 Å². The fourth-order valence-electron chi connectivity index (χ4n) is 2.37. The van der Waals surface area contributed by atoms with Gasteiger partial charge < -0.3 is 15.1 Å². The van der Waals surface area contributed by atoms with Gasteiger partial charge >= 0.3 is 6.01 Å². The van der Waals surface area contributed by atoms with Crippen LogP contribution in [0.15, 0.2) is 4.42 Å². The van der Waals surface area contributed by atoms with Crippen LogP contribution in [0.1, 0.15) is 63.8 Å². The summed E-state index contributed by atoms with van der Waals surface area (Å²) in [5.41, 5.74) is 0. The summed E-state index contributed by atoms with van der Waals surface area (Å²) in [5.74, 6) is 0.644. The molecule has 1 fully saturated rings. The Bertz CT molecular complexity index is 345. The Morgan fingerprint density at radius 1 is 1.11 bits per heavy atom. The molecule has 1 saturated carbocycles. The van der Waals surface area contributed by atoms with Gasteiger partial charge in [0.1, 0.15) is 0 Å². The van der Waals surface area contributed by atoms with Crippen LogP contribution in [0, 0.1) is 0 Å². The molecule has 0 saturated heterocycles. The molecule has 18 heavy (non-hydrogen) atoms. The molecular weight excluding hydrogens is 228 g/mol. The van der Waals surface area contributed by atoms with Gasteiger partial charge in [0, 0.05) is 6.04 Å². The maximum atomic E-state index is 5.62. The van der Waals surface area contributed by atoms with Crippen LogP contribution >= 0.6 is 0 Å². The van der Waals surface area contributed by atoms with E-state index in [1.165, 1.54) is 44.9 Å². The van der Waals surface area contributed by atoms with Gasteiger partial charge in [-0.05, 0) is 26.8 Å². The highest BCUT2D eigenvalue weighted by Crippen LogP contribution is 2.21. The Kier molecular flexibility index (Phi) is 4.99. The average Bonchev–Trinajstić information content (AvgIpc) is 2.80. The Morgan fingerprint density at radius 3 is 2.44 bits per heavy atom. The first kappa shape index (κ1) is 13.3. The van der Waals surface area contributed by atoms with Crippen LogP contribution in [0.25, 0.3) is 0 Å². The lowest BCUT2D eigenvalue weighted by molar-refractivity contribution is 0.425. The van der Waals surface area contributed by atoms with E-state index in [0.717, 1.165) is 0 Å². The van der Waals surface area contributed by atoms with Gasteiger partial charge in [0.05, 0.1) is 6.04 Å². The summed E-state index contributed by atoms with van der Waals surface area (Å²) < 4.78 is 5.62. The molecule has 1 unspecified atom stereocenters. The van der Waals surface area contributed by atoms with Gasteiger partial charge in [-0.1, -0.05) is 37.2 Å². The molecule has 2 rings (SSSR count). The Hall–Kier alpha value is -1.10. The standard InChI is InChI=1S/C13H24N4O/c1-10(14-2)12-16-17-13(18-12)15-11-8-6-4-3-5-7-9-11/h10-11,14H,3-9H2,1-2H3,(H,15,17). The third-order valence-electron chi connectivity index (χ3n) is 3.68. The molecule has 102 valence electrons. The van der Waals surface area contributed by atoms with E-state index in [1.54, 1.807) is 0 Å². The Balaban J connectivity index is 1.89. The largest absolute Gasteiger partial charge is 0.406 e. The number of aromatic nitrogens is 2. The number of anilines is 1. The lowest BCUT2D eigenvalue weighted by Crippen LogP contribution is -2.20. The van der Waals surface area contributed by atoms with Gasteiger partial charge in [-0.2, -0.15) is 0 Å². The van der Waals surface area contributed by atoms with Crippen LogP contribution in [-0.2, 0) is 0 Å². The molecule has 2 N–H and O–H groups in total. The van der Waals surface area contributed by atoms with Crippen LogP contribution in [0.5, 0.6) is 0 Å². The fraction of sp³-hybridized carbons (Fsp3) is 0.846. The van der Waals surface area contributed by atoms with E-state index >= 15 is 0 Å². The van der Waals surface area contributed by atoms with E-state index in [1.807, 2.05) is 14.0 Å². The number of nitrogens with one attached hydrogen (secondary N) is 2. The van der Waals surface area contributed by atoms with Crippen molar-refractivity contribution < 1.29 is 4.42 Å². The van der Waals surface area contributed by atoms with Crippen molar-refractivity contribution in [1.82, 2.24) is 15.5 Å². The molecule has 1 aliphatic carbocycles. The van der Waals surface area contributed by atoms with Crippen molar-refractivity contribution in [1.29, 1.82) is 0 Å². The molecular formula is C13H24N4O. The summed E-state index contributed by atoms with van der Waals surface area (Å²) in [6.45, 7) is 2.01. The highest BCUT2D eigenvalue weighted by molar-refractivity contribution is 5.19. The smallest absolute Gasteiger partial charge is 0.315 e. The minimum Gasteiger partial charge on any atom is -0.406 e. The third kappa shape index (κ3) is 3.70. The Morgan fingerprint density at radius 2 is 1.78 bits per heavy atom. The lowest BCUT2D eigenvalue weighted by Gasteiger charge is -2.19. The van der Waals surface area contributed by atoms with E-state index < -0.39 is 0 Å². The van der Waals surface area contributed by atoms with E-state index in [-0.39, 0.29) is 6.04 Å². The summed E-state index contributed by atoms with van der Waals surface area (Å²) >= 11 is 0. The highest BCUT2D eigenvalue weighted by atomic mass is 16.4. The number of hydrogen-bond donors (Lipinski definition) is 2. The van der Waals surface area contributed by atoms with Crippen molar-refractivity contribution in [2.75, 3.05) is 12.4 Å². The molecule has 0 amide bonds. The summed E-state index contributed by atoms with van der Waals surface area (Å²) in [5, 5.41) is 14.6. The van der Waals surface area contributed by atoms with Gasteiger partial charge in [0.15, 0.2) is 0 Å². The Labute approximate surface area is 109 Å². The highest BCUT2D eigenvalue weighted by Gasteiger charge is 2.16. The van der Waals surface area contributed by atoms with Crippen molar-refractivity contribution in [2.24, 2.45) is 0 Å². The minimum absolute atomic E-state index is 0.102. The molecule has 0 aromatic carbocycles. The van der Waals surface area contributed by atoms with Crippen LogP contribution in [0.2, 0.25) is 0 Å². The number of nitrogens with zero attached hydrogens (tertiary/aromatic N) is 2. The van der Waals surface area contributed by atoms with Crippen molar-refractivity contribution in [2.45, 2.75) is 64.0 Å². The van der Waals surface area contributed by atoms with E-state index in [9.17, 15) is 0 Å². The second-order valence-corrected chi connectivity index (χ2v) is 5.14. The van der Waals surface area contributed by atoms with Crippen LogP contribution in [0.3, 0.4) is 0 Å². The number of hydrogen-bond acceptors (Lipinski definition) is 5. The molecule has 1 aromatic rings. The predicted molar refractivity (Wildman–Crippen MR) is 71.5 cm³/mol. The SMILES string of the molecule is CNC(C)c1nnc(NC2CCCCCCC2)o1. The summed E-state index contributed by atoms with van der Waals surface area (Å²) in [7, 11) is 1.89. The minimum atomic E-state index is 0.102. The van der Waals surface area contributed by atoms with Crippen LogP contribution < -0.4 is 10.6 Å². The molecule has 5 nitrogen and oxygen atoms in total. The van der Waals surface area contributed by atoms with E-state index in [4.69, 9.17) is 4.42 Å². The van der Waals surface area contributed by atoms with Gasteiger partial charge in [0.2, 0.25) is 5.89 Å². The molecule has 1 atom stereocenters. The predicted octanol–water partition coefficient (Wildman–Crippen LogP) is 2.87. The molecule has 0 bridgehead atoms. The lowest BCUT2D eigenvalue weighted by atomic mass is 9.97. The van der Waals surface area contributed by atoms with Crippen molar-refractivity contribution in [3.63, 3.8) is 0 Å². The van der Waals surface area contributed by atoms with Gasteiger partial charge in [0.25, 0.3) is 0 Å². The van der Waals surface area contributed by atoms with Gasteiger partial charge in [-0.25, -0.2) is 0 Å². The zero-order valence-corrected chi connectivity index (χ0v) is 11.4. The monoisotopic (exact) mass is 252 g/mol. The molecule has 1 heterocycles. The third-order valence-corrected chi connectivity index (χ3v) is 3.68. The maximum Gasteiger partial charge on any atom is 0.315 e. The van der Waals surface area contributed by atoms with Gasteiger partial charge in [-0.3, -0.25) is 0 Å². The quantitative estimate of drug-likeness (QED) is 0.862. The zero-order chi connectivity index (χ0) is 12.8. The molecule has 0 spiro atoms. The van der Waals surface area contributed by atoms with E-state index in [0.29, 0.717) is 17.9 Å². The summed E-state index contributed by atoms with van der Waals surface area (Å²) in [4.78, 5) is 0.